The lowest BCUT2D eigenvalue weighted by Crippen LogP contribution is -2.30. The fraction of sp³-hybridized carbons (Fsp3) is 0.607. The number of hydrogen-bond acceptors (Lipinski definition) is 5. The average Bonchev–Trinajstić information content (AvgIpc) is 3.32. The highest BCUT2D eigenvalue weighted by Crippen LogP contribution is 2.12. The highest BCUT2D eigenvalue weighted by molar-refractivity contribution is 5.70. The molecular weight excluding hydrogens is 813 g/mol. The molecule has 0 saturated carbocycles. The van der Waals surface area contributed by atoms with Crippen molar-refractivity contribution < 1.29 is 23.8 Å². The van der Waals surface area contributed by atoms with Gasteiger partial charge in [-0.2, -0.15) is 0 Å². The van der Waals surface area contributed by atoms with Gasteiger partial charge >= 0.3 is 11.9 Å². The SMILES string of the molecule is CC/C=C\C/C=C\C/C=C\C/C=C\CCCCCCCOCC(COC(=O)CCCCCC/C=C\C/C=C\C/C=C\C/C=C\CC)OC(=O)CCCCCCC/C=C\C/C=C\C/C=C\CC. The second-order valence-corrected chi connectivity index (χ2v) is 17.0. The monoisotopic (exact) mass is 911 g/mol. The van der Waals surface area contributed by atoms with E-state index in [9.17, 15) is 9.59 Å². The third kappa shape index (κ3) is 52.7. The zero-order valence-corrected chi connectivity index (χ0v) is 42.7. The number of esters is 2. The first kappa shape index (κ1) is 62.0. The Morgan fingerprint density at radius 1 is 0.333 bits per heavy atom. The van der Waals surface area contributed by atoms with Crippen LogP contribution >= 0.6 is 0 Å². The fourth-order valence-electron chi connectivity index (χ4n) is 6.80. The maximum absolute atomic E-state index is 12.8. The van der Waals surface area contributed by atoms with E-state index in [1.807, 2.05) is 0 Å². The van der Waals surface area contributed by atoms with Gasteiger partial charge in [0.15, 0.2) is 6.10 Å². The molecule has 0 aliphatic carbocycles. The van der Waals surface area contributed by atoms with E-state index in [1.54, 1.807) is 0 Å². The minimum atomic E-state index is -0.576. The molecule has 0 saturated heterocycles. The first-order chi connectivity index (χ1) is 32.6. The van der Waals surface area contributed by atoms with Crippen molar-refractivity contribution in [3.8, 4) is 0 Å². The molecule has 0 aromatic heterocycles. The standard InChI is InChI=1S/C61H98O5/c1-4-7-10-13-16-19-22-25-28-30-32-35-38-41-44-47-50-53-56-64-57-59(66-61(63)55-52-49-46-43-40-37-33-27-24-21-18-15-12-9-6-3)58-65-60(62)54-51-48-45-42-39-36-34-31-29-26-23-20-17-14-11-8-5-2/h7-12,16-21,25-29,32-36,59H,4-6,13-15,22-24,30-31,37-58H2,1-3H3/b10-7-,11-8-,12-9-,19-16-,20-17-,21-18-,28-25-,29-26-,33-27-,35-32-,36-34-. The van der Waals surface area contributed by atoms with Crippen LogP contribution in [0.1, 0.15) is 213 Å². The molecule has 0 N–H and O–H groups in total. The van der Waals surface area contributed by atoms with Gasteiger partial charge < -0.3 is 14.2 Å². The van der Waals surface area contributed by atoms with E-state index >= 15 is 0 Å². The summed E-state index contributed by atoms with van der Waals surface area (Å²) in [5.41, 5.74) is 0. The van der Waals surface area contributed by atoms with Gasteiger partial charge in [0, 0.05) is 19.4 Å². The van der Waals surface area contributed by atoms with Crippen LogP contribution in [0.2, 0.25) is 0 Å². The molecule has 0 heterocycles. The van der Waals surface area contributed by atoms with Crippen LogP contribution < -0.4 is 0 Å². The largest absolute Gasteiger partial charge is 0.462 e. The summed E-state index contributed by atoms with van der Waals surface area (Å²) in [5, 5.41) is 0. The molecule has 0 fully saturated rings. The van der Waals surface area contributed by atoms with Crippen LogP contribution in [0.5, 0.6) is 0 Å². The second-order valence-electron chi connectivity index (χ2n) is 17.0. The van der Waals surface area contributed by atoms with Gasteiger partial charge in [0.2, 0.25) is 0 Å². The first-order valence-corrected chi connectivity index (χ1v) is 26.7. The predicted molar refractivity (Wildman–Crippen MR) is 288 cm³/mol. The van der Waals surface area contributed by atoms with Crippen LogP contribution in [0.3, 0.4) is 0 Å². The minimum absolute atomic E-state index is 0.0485. The maximum Gasteiger partial charge on any atom is 0.306 e. The molecule has 0 spiro atoms. The Kier molecular flexibility index (Phi) is 52.0. The lowest BCUT2D eigenvalue weighted by atomic mass is 10.1. The number of ether oxygens (including phenoxy) is 3. The highest BCUT2D eigenvalue weighted by atomic mass is 16.6. The molecule has 0 rings (SSSR count). The summed E-state index contributed by atoms with van der Waals surface area (Å²) in [6.07, 6.45) is 78.9. The average molecular weight is 911 g/mol. The lowest BCUT2D eigenvalue weighted by molar-refractivity contribution is -0.163. The fourth-order valence-corrected chi connectivity index (χ4v) is 6.80. The van der Waals surface area contributed by atoms with Crippen LogP contribution in [-0.4, -0.2) is 37.9 Å². The Balaban J connectivity index is 4.42. The molecule has 5 nitrogen and oxygen atoms in total. The Morgan fingerprint density at radius 2 is 0.636 bits per heavy atom. The quantitative estimate of drug-likeness (QED) is 0.0346. The number of carbonyl (C=O) groups excluding carboxylic acids is 2. The minimum Gasteiger partial charge on any atom is -0.462 e. The topological polar surface area (TPSA) is 61.8 Å². The van der Waals surface area contributed by atoms with E-state index in [0.29, 0.717) is 19.4 Å². The normalized spacial score (nSPS) is 13.3. The smallest absolute Gasteiger partial charge is 0.306 e. The van der Waals surface area contributed by atoms with Crippen molar-refractivity contribution in [3.05, 3.63) is 134 Å². The molecule has 5 heteroatoms. The van der Waals surface area contributed by atoms with Crippen LogP contribution in [0.4, 0.5) is 0 Å². The summed E-state index contributed by atoms with van der Waals surface area (Å²) in [7, 11) is 0. The Labute approximate surface area is 407 Å². The van der Waals surface area contributed by atoms with Gasteiger partial charge in [-0.1, -0.05) is 206 Å². The number of unbranched alkanes of at least 4 members (excludes halogenated alkanes) is 14. The number of rotatable bonds is 47. The van der Waals surface area contributed by atoms with Gasteiger partial charge in [-0.05, 0) is 128 Å². The Hall–Kier alpha value is -3.96. The van der Waals surface area contributed by atoms with Gasteiger partial charge in [-0.15, -0.1) is 0 Å². The molecule has 0 aromatic carbocycles. The molecule has 0 aliphatic rings. The molecular formula is C61H98O5. The second kappa shape index (κ2) is 55.4. The molecule has 372 valence electrons. The van der Waals surface area contributed by atoms with Crippen molar-refractivity contribution in [1.82, 2.24) is 0 Å². The van der Waals surface area contributed by atoms with E-state index in [0.717, 1.165) is 148 Å². The number of hydrogen-bond donors (Lipinski definition) is 0. The van der Waals surface area contributed by atoms with Gasteiger partial charge in [-0.25, -0.2) is 0 Å². The predicted octanol–water partition coefficient (Wildman–Crippen LogP) is 18.3. The molecule has 0 aliphatic heterocycles. The summed E-state index contributed by atoms with van der Waals surface area (Å²) in [5.74, 6) is -0.464. The van der Waals surface area contributed by atoms with E-state index < -0.39 is 6.10 Å². The highest BCUT2D eigenvalue weighted by Gasteiger charge is 2.17. The molecule has 0 amide bonds. The Bertz CT molecular complexity index is 1400. The van der Waals surface area contributed by atoms with Crippen LogP contribution in [-0.2, 0) is 23.8 Å². The van der Waals surface area contributed by atoms with Crippen molar-refractivity contribution in [2.24, 2.45) is 0 Å². The van der Waals surface area contributed by atoms with Crippen molar-refractivity contribution >= 4 is 11.9 Å². The van der Waals surface area contributed by atoms with E-state index in [-0.39, 0.29) is 25.2 Å². The lowest BCUT2D eigenvalue weighted by Gasteiger charge is -2.18. The maximum atomic E-state index is 12.8. The third-order valence-electron chi connectivity index (χ3n) is 10.7. The van der Waals surface area contributed by atoms with Gasteiger partial charge in [0.05, 0.1) is 6.61 Å². The number of allylic oxidation sites excluding steroid dienone is 22. The summed E-state index contributed by atoms with van der Waals surface area (Å²) >= 11 is 0. The van der Waals surface area contributed by atoms with Crippen molar-refractivity contribution in [3.63, 3.8) is 0 Å². The van der Waals surface area contributed by atoms with Gasteiger partial charge in [0.25, 0.3) is 0 Å². The molecule has 1 unspecified atom stereocenters. The zero-order chi connectivity index (χ0) is 47.7. The first-order valence-electron chi connectivity index (χ1n) is 26.7. The molecule has 0 bridgehead atoms. The van der Waals surface area contributed by atoms with Crippen LogP contribution in [0.15, 0.2) is 134 Å². The summed E-state index contributed by atoms with van der Waals surface area (Å²) < 4.78 is 17.4. The van der Waals surface area contributed by atoms with E-state index in [2.05, 4.69) is 154 Å². The van der Waals surface area contributed by atoms with Crippen molar-refractivity contribution in [2.45, 2.75) is 219 Å². The van der Waals surface area contributed by atoms with Crippen LogP contribution in [0.25, 0.3) is 0 Å². The van der Waals surface area contributed by atoms with Gasteiger partial charge in [0.1, 0.15) is 6.61 Å². The van der Waals surface area contributed by atoms with E-state index in [1.165, 1.54) is 32.1 Å². The summed E-state index contributed by atoms with van der Waals surface area (Å²) in [6.45, 7) is 7.39. The molecule has 0 aromatic rings. The van der Waals surface area contributed by atoms with E-state index in [4.69, 9.17) is 14.2 Å². The van der Waals surface area contributed by atoms with Crippen molar-refractivity contribution in [2.75, 3.05) is 19.8 Å². The van der Waals surface area contributed by atoms with Gasteiger partial charge in [-0.3, -0.25) is 9.59 Å². The number of carbonyl (C=O) groups is 2. The molecule has 1 atom stereocenters. The third-order valence-corrected chi connectivity index (χ3v) is 10.7. The van der Waals surface area contributed by atoms with Crippen molar-refractivity contribution in [1.29, 1.82) is 0 Å². The molecule has 66 heavy (non-hydrogen) atoms. The Morgan fingerprint density at radius 3 is 1.02 bits per heavy atom. The molecule has 0 radical (unpaired) electrons. The zero-order valence-electron chi connectivity index (χ0n) is 42.7. The summed E-state index contributed by atoms with van der Waals surface area (Å²) in [6, 6.07) is 0. The summed E-state index contributed by atoms with van der Waals surface area (Å²) in [4.78, 5) is 25.5. The van der Waals surface area contributed by atoms with Crippen LogP contribution in [0, 0.1) is 0 Å².